The highest BCUT2D eigenvalue weighted by Crippen LogP contribution is 2.24. The Labute approximate surface area is 144 Å². The van der Waals surface area contributed by atoms with Crippen molar-refractivity contribution in [1.29, 1.82) is 0 Å². The number of aromatic carboxylic acids is 1. The van der Waals surface area contributed by atoms with Gasteiger partial charge in [0.1, 0.15) is 5.58 Å². The molecule has 1 atom stereocenters. The fraction of sp³-hybridized carbons (Fsp3) is 0.278. The van der Waals surface area contributed by atoms with Crippen LogP contribution in [0, 0.1) is 13.8 Å². The van der Waals surface area contributed by atoms with Gasteiger partial charge in [-0.05, 0) is 51.1 Å². The van der Waals surface area contributed by atoms with Crippen LogP contribution in [0.5, 0.6) is 0 Å². The van der Waals surface area contributed by atoms with Crippen LogP contribution >= 0.6 is 0 Å². The number of benzene rings is 1. The van der Waals surface area contributed by atoms with E-state index in [0.29, 0.717) is 16.7 Å². The van der Waals surface area contributed by atoms with Gasteiger partial charge in [-0.2, -0.15) is 5.10 Å². The minimum absolute atomic E-state index is 0.0648. The van der Waals surface area contributed by atoms with Crippen molar-refractivity contribution in [3.05, 3.63) is 47.5 Å². The van der Waals surface area contributed by atoms with Crippen LogP contribution in [0.25, 0.3) is 11.0 Å². The number of aryl methyl sites for hydroxylation is 2. The SMILES string of the molecule is Cc1cc(C)n(C(C)CC(=O)Nc2ccc3oc(C(=O)O)cc3c2)n1. The van der Waals surface area contributed by atoms with Crippen LogP contribution in [0.4, 0.5) is 5.69 Å². The molecule has 25 heavy (non-hydrogen) atoms. The predicted molar refractivity (Wildman–Crippen MR) is 92.8 cm³/mol. The highest BCUT2D eigenvalue weighted by Gasteiger charge is 2.15. The summed E-state index contributed by atoms with van der Waals surface area (Å²) >= 11 is 0. The van der Waals surface area contributed by atoms with Crippen molar-refractivity contribution >= 4 is 28.5 Å². The summed E-state index contributed by atoms with van der Waals surface area (Å²) in [4.78, 5) is 23.2. The third kappa shape index (κ3) is 3.55. The Balaban J connectivity index is 1.71. The van der Waals surface area contributed by atoms with Crippen LogP contribution in [-0.4, -0.2) is 26.8 Å². The average Bonchev–Trinajstić information content (AvgIpc) is 3.09. The summed E-state index contributed by atoms with van der Waals surface area (Å²) in [5, 5.41) is 16.8. The molecule has 0 bridgehead atoms. The summed E-state index contributed by atoms with van der Waals surface area (Å²) in [7, 11) is 0. The van der Waals surface area contributed by atoms with Crippen LogP contribution in [-0.2, 0) is 4.79 Å². The van der Waals surface area contributed by atoms with Gasteiger partial charge in [0.2, 0.25) is 11.7 Å². The second-order valence-corrected chi connectivity index (χ2v) is 6.14. The van der Waals surface area contributed by atoms with Crippen molar-refractivity contribution in [1.82, 2.24) is 9.78 Å². The number of carbonyl (C=O) groups excluding carboxylic acids is 1. The fourth-order valence-corrected chi connectivity index (χ4v) is 2.89. The zero-order valence-corrected chi connectivity index (χ0v) is 14.2. The number of furan rings is 1. The van der Waals surface area contributed by atoms with Gasteiger partial charge in [-0.3, -0.25) is 9.48 Å². The molecule has 1 aromatic carbocycles. The van der Waals surface area contributed by atoms with Gasteiger partial charge in [0.05, 0.1) is 11.7 Å². The average molecular weight is 341 g/mol. The molecule has 7 heteroatoms. The largest absolute Gasteiger partial charge is 0.475 e. The normalized spacial score (nSPS) is 12.3. The molecular formula is C18H19N3O4. The van der Waals surface area contributed by atoms with E-state index in [4.69, 9.17) is 9.52 Å². The van der Waals surface area contributed by atoms with E-state index in [0.717, 1.165) is 11.4 Å². The number of nitrogens with zero attached hydrogens (tertiary/aromatic N) is 2. The highest BCUT2D eigenvalue weighted by molar-refractivity contribution is 5.96. The molecule has 0 aliphatic heterocycles. The first-order chi connectivity index (χ1) is 11.8. The molecule has 0 spiro atoms. The lowest BCUT2D eigenvalue weighted by Crippen LogP contribution is -2.19. The number of rotatable bonds is 5. The lowest BCUT2D eigenvalue weighted by molar-refractivity contribution is -0.116. The Morgan fingerprint density at radius 1 is 1.28 bits per heavy atom. The summed E-state index contributed by atoms with van der Waals surface area (Å²) in [6, 6.07) is 8.36. The number of carboxylic acid groups (broad SMARTS) is 1. The lowest BCUT2D eigenvalue weighted by atomic mass is 10.2. The first-order valence-electron chi connectivity index (χ1n) is 7.93. The number of carboxylic acids is 1. The minimum atomic E-state index is -1.12. The van der Waals surface area contributed by atoms with Gasteiger partial charge in [0.15, 0.2) is 0 Å². The van der Waals surface area contributed by atoms with Crippen molar-refractivity contribution < 1.29 is 19.1 Å². The molecule has 3 aromatic rings. The van der Waals surface area contributed by atoms with E-state index in [1.165, 1.54) is 6.07 Å². The molecule has 0 aliphatic carbocycles. The van der Waals surface area contributed by atoms with Crippen LogP contribution in [0.3, 0.4) is 0 Å². The number of nitrogens with one attached hydrogen (secondary N) is 1. The molecule has 2 aromatic heterocycles. The Morgan fingerprint density at radius 2 is 2.04 bits per heavy atom. The van der Waals surface area contributed by atoms with Gasteiger partial charge >= 0.3 is 5.97 Å². The fourth-order valence-electron chi connectivity index (χ4n) is 2.89. The summed E-state index contributed by atoms with van der Waals surface area (Å²) in [5.41, 5.74) is 2.99. The summed E-state index contributed by atoms with van der Waals surface area (Å²) < 4.78 is 7.04. The van der Waals surface area contributed by atoms with Gasteiger partial charge in [0, 0.05) is 23.2 Å². The highest BCUT2D eigenvalue weighted by atomic mass is 16.4. The number of amides is 1. The monoisotopic (exact) mass is 341 g/mol. The molecule has 7 nitrogen and oxygen atoms in total. The number of anilines is 1. The molecule has 0 aliphatic rings. The van der Waals surface area contributed by atoms with Crippen molar-refractivity contribution in [3.63, 3.8) is 0 Å². The Kier molecular flexibility index (Phi) is 4.31. The lowest BCUT2D eigenvalue weighted by Gasteiger charge is -2.14. The van der Waals surface area contributed by atoms with E-state index in [2.05, 4.69) is 10.4 Å². The van der Waals surface area contributed by atoms with Crippen LogP contribution in [0.1, 0.15) is 41.3 Å². The molecule has 2 N–H and O–H groups in total. The van der Waals surface area contributed by atoms with Gasteiger partial charge in [-0.15, -0.1) is 0 Å². The zero-order valence-electron chi connectivity index (χ0n) is 14.2. The van der Waals surface area contributed by atoms with Gasteiger partial charge in [-0.25, -0.2) is 4.79 Å². The number of hydrogen-bond donors (Lipinski definition) is 2. The molecular weight excluding hydrogens is 322 g/mol. The van der Waals surface area contributed by atoms with Crippen molar-refractivity contribution in [2.45, 2.75) is 33.2 Å². The maximum Gasteiger partial charge on any atom is 0.371 e. The predicted octanol–water partition coefficient (Wildman–Crippen LogP) is 3.53. The zero-order chi connectivity index (χ0) is 18.1. The Hall–Kier alpha value is -3.09. The van der Waals surface area contributed by atoms with Crippen LogP contribution in [0.2, 0.25) is 0 Å². The number of aromatic nitrogens is 2. The standard InChI is InChI=1S/C18H19N3O4/c1-10-6-11(2)21(20-10)12(3)7-17(22)19-14-4-5-15-13(8-14)9-16(25-15)18(23)24/h4-6,8-9,12H,7H2,1-3H3,(H,19,22)(H,23,24). The summed E-state index contributed by atoms with van der Waals surface area (Å²) in [5.74, 6) is -1.39. The molecule has 0 saturated heterocycles. The van der Waals surface area contributed by atoms with Gasteiger partial charge in [-0.1, -0.05) is 0 Å². The first-order valence-corrected chi connectivity index (χ1v) is 7.93. The third-order valence-corrected chi connectivity index (χ3v) is 3.95. The minimum Gasteiger partial charge on any atom is -0.475 e. The molecule has 0 fully saturated rings. The van der Waals surface area contributed by atoms with Crippen LogP contribution < -0.4 is 5.32 Å². The first kappa shape index (κ1) is 16.8. The second kappa shape index (κ2) is 6.43. The Morgan fingerprint density at radius 3 is 2.68 bits per heavy atom. The maximum atomic E-state index is 12.3. The topological polar surface area (TPSA) is 97.4 Å². The number of carbonyl (C=O) groups is 2. The Bertz CT molecular complexity index is 955. The molecule has 2 heterocycles. The second-order valence-electron chi connectivity index (χ2n) is 6.14. The van der Waals surface area contributed by atoms with Crippen molar-refractivity contribution in [2.24, 2.45) is 0 Å². The van der Waals surface area contributed by atoms with Crippen LogP contribution in [0.15, 0.2) is 34.7 Å². The smallest absolute Gasteiger partial charge is 0.371 e. The molecule has 1 unspecified atom stereocenters. The molecule has 0 saturated carbocycles. The molecule has 3 rings (SSSR count). The van der Waals surface area contributed by atoms with Crippen molar-refractivity contribution in [2.75, 3.05) is 5.32 Å². The van der Waals surface area contributed by atoms with Crippen molar-refractivity contribution in [3.8, 4) is 0 Å². The van der Waals surface area contributed by atoms with Gasteiger partial charge < -0.3 is 14.8 Å². The summed E-state index contributed by atoms with van der Waals surface area (Å²) in [6.45, 7) is 5.82. The maximum absolute atomic E-state index is 12.3. The van der Waals surface area contributed by atoms with E-state index in [9.17, 15) is 9.59 Å². The van der Waals surface area contributed by atoms with E-state index in [-0.39, 0.29) is 24.1 Å². The quantitative estimate of drug-likeness (QED) is 0.740. The van der Waals surface area contributed by atoms with E-state index < -0.39 is 5.97 Å². The third-order valence-electron chi connectivity index (χ3n) is 3.95. The molecule has 1 amide bonds. The molecule has 130 valence electrons. The van der Waals surface area contributed by atoms with E-state index in [1.54, 1.807) is 18.2 Å². The summed E-state index contributed by atoms with van der Waals surface area (Å²) in [6.07, 6.45) is 0.283. The van der Waals surface area contributed by atoms with E-state index >= 15 is 0 Å². The van der Waals surface area contributed by atoms with E-state index in [1.807, 2.05) is 31.5 Å². The molecule has 0 radical (unpaired) electrons. The number of hydrogen-bond acceptors (Lipinski definition) is 4. The van der Waals surface area contributed by atoms with Gasteiger partial charge in [0.25, 0.3) is 0 Å². The number of fused-ring (bicyclic) bond motifs is 1.